The summed E-state index contributed by atoms with van der Waals surface area (Å²) in [6.07, 6.45) is 0.582. The van der Waals surface area contributed by atoms with Crippen molar-refractivity contribution in [1.82, 2.24) is 4.72 Å². The Labute approximate surface area is 190 Å². The van der Waals surface area contributed by atoms with Crippen molar-refractivity contribution in [3.63, 3.8) is 0 Å². The number of sulfonamides is 1. The second-order valence-corrected chi connectivity index (χ2v) is 10.6. The molecule has 1 aliphatic rings. The van der Waals surface area contributed by atoms with Crippen LogP contribution < -0.4 is 14.9 Å². The summed E-state index contributed by atoms with van der Waals surface area (Å²) in [6.45, 7) is 11.0. The van der Waals surface area contributed by atoms with Crippen molar-refractivity contribution < 1.29 is 18.0 Å². The van der Waals surface area contributed by atoms with E-state index < -0.39 is 22.0 Å². The minimum absolute atomic E-state index is 0.0273. The molecule has 3 rings (SSSR count). The summed E-state index contributed by atoms with van der Waals surface area (Å²) in [7, 11) is -3.95. The van der Waals surface area contributed by atoms with Crippen LogP contribution >= 0.6 is 0 Å². The first kappa shape index (κ1) is 23.9. The van der Waals surface area contributed by atoms with Crippen LogP contribution in [0.1, 0.15) is 44.4 Å². The van der Waals surface area contributed by atoms with Crippen molar-refractivity contribution >= 4 is 33.2 Å². The number of nitrogens with one attached hydrogen (secondary N) is 2. The zero-order valence-electron chi connectivity index (χ0n) is 19.4. The third kappa shape index (κ3) is 4.86. The molecule has 1 heterocycles. The fourth-order valence-electron chi connectivity index (χ4n) is 4.02. The number of fused-ring (bicyclic) bond motifs is 1. The van der Waals surface area contributed by atoms with Crippen LogP contribution in [-0.2, 0) is 26.0 Å². The first-order valence-electron chi connectivity index (χ1n) is 10.7. The summed E-state index contributed by atoms with van der Waals surface area (Å²) < 4.78 is 28.8. The van der Waals surface area contributed by atoms with Crippen LogP contribution in [0.2, 0.25) is 0 Å². The number of hydrogen-bond donors (Lipinski definition) is 2. The van der Waals surface area contributed by atoms with Gasteiger partial charge in [-0.05, 0) is 80.1 Å². The smallest absolute Gasteiger partial charge is 0.242 e. The van der Waals surface area contributed by atoms with Crippen molar-refractivity contribution in [2.24, 2.45) is 5.92 Å². The molecule has 0 bridgehead atoms. The third-order valence-electron chi connectivity index (χ3n) is 5.92. The maximum Gasteiger partial charge on any atom is 0.242 e. The number of rotatable bonds is 6. The standard InChI is InChI=1S/C24H31N3O4S/c1-14(2)23(24(29)25-20-8-7-15(3)16(4)11-20)26-32(30,31)21-9-10-22-19(13-21)12-17(5)27(22)18(6)28/h7-11,13-14,17,23,26H,12H2,1-6H3,(H,25,29)/t17-,23+/m0/s1. The van der Waals surface area contributed by atoms with E-state index in [0.717, 1.165) is 22.4 Å². The second-order valence-electron chi connectivity index (χ2n) is 8.86. The number of aryl methyl sites for hydroxylation is 2. The van der Waals surface area contributed by atoms with E-state index in [0.29, 0.717) is 12.1 Å². The summed E-state index contributed by atoms with van der Waals surface area (Å²) in [5, 5.41) is 2.82. The lowest BCUT2D eigenvalue weighted by atomic mass is 10.0. The first-order chi connectivity index (χ1) is 14.9. The highest BCUT2D eigenvalue weighted by atomic mass is 32.2. The van der Waals surface area contributed by atoms with Crippen molar-refractivity contribution in [2.75, 3.05) is 10.2 Å². The number of nitrogens with zero attached hydrogens (tertiary/aromatic N) is 1. The predicted octanol–water partition coefficient (Wildman–Crippen LogP) is 3.54. The highest BCUT2D eigenvalue weighted by Crippen LogP contribution is 2.34. The van der Waals surface area contributed by atoms with Gasteiger partial charge in [-0.25, -0.2) is 8.42 Å². The summed E-state index contributed by atoms with van der Waals surface area (Å²) in [5.74, 6) is -0.754. The van der Waals surface area contributed by atoms with Gasteiger partial charge in [-0.3, -0.25) is 9.59 Å². The molecule has 1 aliphatic heterocycles. The van der Waals surface area contributed by atoms with Crippen molar-refractivity contribution in [3.05, 3.63) is 53.1 Å². The predicted molar refractivity (Wildman–Crippen MR) is 126 cm³/mol. The normalized spacial score (nSPS) is 16.7. The van der Waals surface area contributed by atoms with Gasteiger partial charge in [0, 0.05) is 24.3 Å². The molecule has 172 valence electrons. The van der Waals surface area contributed by atoms with E-state index in [-0.39, 0.29) is 22.8 Å². The van der Waals surface area contributed by atoms with Gasteiger partial charge in [0.25, 0.3) is 0 Å². The van der Waals surface area contributed by atoms with Gasteiger partial charge >= 0.3 is 0 Å². The molecule has 2 N–H and O–H groups in total. The van der Waals surface area contributed by atoms with E-state index >= 15 is 0 Å². The fraction of sp³-hybridized carbons (Fsp3) is 0.417. The van der Waals surface area contributed by atoms with Crippen LogP contribution in [0.3, 0.4) is 0 Å². The Kier molecular flexibility index (Phi) is 6.76. The quantitative estimate of drug-likeness (QED) is 0.694. The molecule has 2 atom stereocenters. The number of carbonyl (C=O) groups is 2. The zero-order valence-corrected chi connectivity index (χ0v) is 20.2. The average molecular weight is 458 g/mol. The van der Waals surface area contributed by atoms with E-state index in [1.165, 1.54) is 13.0 Å². The Bertz CT molecular complexity index is 1160. The molecule has 8 heteroatoms. The number of carbonyl (C=O) groups excluding carboxylic acids is 2. The number of hydrogen-bond acceptors (Lipinski definition) is 4. The van der Waals surface area contributed by atoms with Crippen molar-refractivity contribution in [1.29, 1.82) is 0 Å². The lowest BCUT2D eigenvalue weighted by Gasteiger charge is -2.22. The number of amides is 2. The van der Waals surface area contributed by atoms with E-state index in [2.05, 4.69) is 10.0 Å². The average Bonchev–Trinajstić information content (AvgIpc) is 3.03. The molecule has 2 amide bonds. The summed E-state index contributed by atoms with van der Waals surface area (Å²) >= 11 is 0. The Morgan fingerprint density at radius 3 is 2.34 bits per heavy atom. The molecule has 0 radical (unpaired) electrons. The van der Waals surface area contributed by atoms with E-state index in [9.17, 15) is 18.0 Å². The molecule has 2 aromatic rings. The molecule has 0 fully saturated rings. The molecular formula is C24H31N3O4S. The molecule has 0 unspecified atom stereocenters. The second kappa shape index (κ2) is 9.03. The maximum atomic E-state index is 13.1. The minimum atomic E-state index is -3.95. The first-order valence-corrected chi connectivity index (χ1v) is 12.2. The summed E-state index contributed by atoms with van der Waals surface area (Å²) in [4.78, 5) is 26.6. The van der Waals surface area contributed by atoms with Crippen LogP contribution in [0, 0.1) is 19.8 Å². The van der Waals surface area contributed by atoms with E-state index in [1.54, 1.807) is 36.9 Å². The lowest BCUT2D eigenvalue weighted by Crippen LogP contribution is -2.47. The summed E-state index contributed by atoms with van der Waals surface area (Å²) in [6, 6.07) is 9.34. The monoisotopic (exact) mass is 457 g/mol. The Morgan fingerprint density at radius 1 is 1.06 bits per heavy atom. The largest absolute Gasteiger partial charge is 0.325 e. The van der Waals surface area contributed by atoms with Crippen molar-refractivity contribution in [3.8, 4) is 0 Å². The third-order valence-corrected chi connectivity index (χ3v) is 7.36. The van der Waals surface area contributed by atoms with E-state index in [1.807, 2.05) is 32.9 Å². The van der Waals surface area contributed by atoms with Gasteiger partial charge in [-0.1, -0.05) is 19.9 Å². The minimum Gasteiger partial charge on any atom is -0.325 e. The highest BCUT2D eigenvalue weighted by Gasteiger charge is 2.32. The highest BCUT2D eigenvalue weighted by molar-refractivity contribution is 7.89. The van der Waals surface area contributed by atoms with Crippen LogP contribution in [0.15, 0.2) is 41.3 Å². The molecule has 0 spiro atoms. The fourth-order valence-corrected chi connectivity index (χ4v) is 5.42. The Balaban J connectivity index is 1.83. The molecule has 0 aliphatic carbocycles. The van der Waals surface area contributed by atoms with Crippen molar-refractivity contribution in [2.45, 2.75) is 64.9 Å². The topological polar surface area (TPSA) is 95.6 Å². The van der Waals surface area contributed by atoms with E-state index in [4.69, 9.17) is 0 Å². The SMILES string of the molecule is CC(=O)N1c2ccc(S(=O)(=O)N[C@@H](C(=O)Nc3ccc(C)c(C)c3)C(C)C)cc2C[C@@H]1C. The molecule has 7 nitrogen and oxygen atoms in total. The molecule has 0 aromatic heterocycles. The molecule has 0 saturated carbocycles. The van der Waals surface area contributed by atoms with Gasteiger partial charge in [0.05, 0.1) is 4.90 Å². The summed E-state index contributed by atoms with van der Waals surface area (Å²) in [5.41, 5.74) is 4.31. The Morgan fingerprint density at radius 2 is 1.75 bits per heavy atom. The van der Waals surface area contributed by atoms with Gasteiger partial charge in [0.15, 0.2) is 0 Å². The zero-order chi connectivity index (χ0) is 23.8. The lowest BCUT2D eigenvalue weighted by molar-refractivity contribution is -0.118. The number of anilines is 2. The maximum absolute atomic E-state index is 13.1. The van der Waals surface area contributed by atoms with Gasteiger partial charge in [0.1, 0.15) is 6.04 Å². The van der Waals surface area contributed by atoms with Crippen LogP contribution in [-0.4, -0.2) is 32.3 Å². The number of benzene rings is 2. The molecule has 2 aromatic carbocycles. The molecule has 32 heavy (non-hydrogen) atoms. The molecule has 0 saturated heterocycles. The van der Waals surface area contributed by atoms with Crippen LogP contribution in [0.4, 0.5) is 11.4 Å². The van der Waals surface area contributed by atoms with Crippen LogP contribution in [0.5, 0.6) is 0 Å². The van der Waals surface area contributed by atoms with Gasteiger partial charge in [0.2, 0.25) is 21.8 Å². The van der Waals surface area contributed by atoms with Gasteiger partial charge in [-0.15, -0.1) is 0 Å². The van der Waals surface area contributed by atoms with Crippen LogP contribution in [0.25, 0.3) is 0 Å². The van der Waals surface area contributed by atoms with Gasteiger partial charge in [-0.2, -0.15) is 4.72 Å². The molecular weight excluding hydrogens is 426 g/mol. The Hall–Kier alpha value is -2.71. The van der Waals surface area contributed by atoms with Gasteiger partial charge < -0.3 is 10.2 Å².